The zero-order valence-corrected chi connectivity index (χ0v) is 16.0. The van der Waals surface area contributed by atoms with E-state index in [4.69, 9.17) is 9.47 Å². The Kier molecular flexibility index (Phi) is 5.84. The Morgan fingerprint density at radius 3 is 2.38 bits per heavy atom. The molecule has 1 aliphatic heterocycles. The first kappa shape index (κ1) is 18.7. The minimum Gasteiger partial charge on any atom is -0.490 e. The first-order valence-corrected chi connectivity index (χ1v) is 10.5. The zero-order valence-electron chi connectivity index (χ0n) is 15.1. The smallest absolute Gasteiger partial charge is 0.216 e. The molecule has 5 nitrogen and oxygen atoms in total. The molecule has 140 valence electrons. The number of rotatable bonds is 6. The van der Waals surface area contributed by atoms with Gasteiger partial charge in [-0.2, -0.15) is 0 Å². The summed E-state index contributed by atoms with van der Waals surface area (Å²) in [6, 6.07) is 14.5. The van der Waals surface area contributed by atoms with E-state index >= 15 is 0 Å². The second kappa shape index (κ2) is 8.10. The number of sulfonamides is 1. The molecule has 0 bridgehead atoms. The van der Waals surface area contributed by atoms with Crippen LogP contribution in [0.5, 0.6) is 11.5 Å². The average Bonchev–Trinajstić information content (AvgIpc) is 2.84. The lowest BCUT2D eigenvalue weighted by Crippen LogP contribution is -2.32. The fourth-order valence-corrected chi connectivity index (χ4v) is 4.50. The molecule has 0 aliphatic carbocycles. The van der Waals surface area contributed by atoms with Crippen molar-refractivity contribution in [2.24, 2.45) is 5.92 Å². The SMILES string of the molecule is CC(C)C(NS(=O)(=O)Cc1ccccc1)c1ccc2c(c1)OCCCO2. The van der Waals surface area contributed by atoms with E-state index in [0.717, 1.165) is 17.5 Å². The van der Waals surface area contributed by atoms with Crippen LogP contribution in [0.4, 0.5) is 0 Å². The van der Waals surface area contributed by atoms with Crippen molar-refractivity contribution in [2.45, 2.75) is 32.1 Å². The molecule has 2 aromatic rings. The summed E-state index contributed by atoms with van der Waals surface area (Å²) in [7, 11) is -3.48. The summed E-state index contributed by atoms with van der Waals surface area (Å²) in [4.78, 5) is 0. The van der Waals surface area contributed by atoms with Crippen LogP contribution >= 0.6 is 0 Å². The molecule has 3 rings (SSSR count). The number of fused-ring (bicyclic) bond motifs is 1. The van der Waals surface area contributed by atoms with Gasteiger partial charge in [0, 0.05) is 12.5 Å². The number of hydrogen-bond donors (Lipinski definition) is 1. The van der Waals surface area contributed by atoms with Crippen molar-refractivity contribution in [3.05, 3.63) is 59.7 Å². The van der Waals surface area contributed by atoms with Crippen LogP contribution in [-0.2, 0) is 15.8 Å². The first-order chi connectivity index (χ1) is 12.4. The fraction of sp³-hybridized carbons (Fsp3) is 0.400. The molecule has 1 unspecified atom stereocenters. The van der Waals surface area contributed by atoms with E-state index in [0.29, 0.717) is 24.7 Å². The Hall–Kier alpha value is -2.05. The van der Waals surface area contributed by atoms with E-state index in [-0.39, 0.29) is 17.7 Å². The maximum Gasteiger partial charge on any atom is 0.216 e. The fourth-order valence-electron chi connectivity index (χ4n) is 2.99. The normalized spacial score (nSPS) is 15.5. The van der Waals surface area contributed by atoms with Gasteiger partial charge in [-0.05, 0) is 29.2 Å². The molecule has 2 aromatic carbocycles. The highest BCUT2D eigenvalue weighted by atomic mass is 32.2. The third-order valence-corrected chi connectivity index (χ3v) is 5.63. The standard InChI is InChI=1S/C20H25NO4S/c1-15(2)20(21-26(22,23)14-16-7-4-3-5-8-16)17-9-10-18-19(13-17)25-12-6-11-24-18/h3-5,7-10,13,15,20-21H,6,11-12,14H2,1-2H3. The topological polar surface area (TPSA) is 64.6 Å². The van der Waals surface area contributed by atoms with Crippen molar-refractivity contribution in [1.82, 2.24) is 4.72 Å². The predicted molar refractivity (Wildman–Crippen MR) is 102 cm³/mol. The quantitative estimate of drug-likeness (QED) is 0.837. The highest BCUT2D eigenvalue weighted by Crippen LogP contribution is 2.34. The van der Waals surface area contributed by atoms with E-state index in [9.17, 15) is 8.42 Å². The minimum absolute atomic E-state index is 0.0401. The van der Waals surface area contributed by atoms with Crippen molar-refractivity contribution in [3.8, 4) is 11.5 Å². The van der Waals surface area contributed by atoms with E-state index in [1.807, 2.05) is 62.4 Å². The lowest BCUT2D eigenvalue weighted by molar-refractivity contribution is 0.297. The molecule has 6 heteroatoms. The van der Waals surface area contributed by atoms with Gasteiger partial charge in [0.05, 0.1) is 19.0 Å². The van der Waals surface area contributed by atoms with Crippen LogP contribution in [0.15, 0.2) is 48.5 Å². The largest absolute Gasteiger partial charge is 0.490 e. The molecule has 0 spiro atoms. The van der Waals surface area contributed by atoms with Gasteiger partial charge >= 0.3 is 0 Å². The minimum atomic E-state index is -3.48. The van der Waals surface area contributed by atoms with Gasteiger partial charge in [0.2, 0.25) is 10.0 Å². The van der Waals surface area contributed by atoms with E-state index in [1.54, 1.807) is 0 Å². The van der Waals surface area contributed by atoms with Crippen molar-refractivity contribution >= 4 is 10.0 Å². The van der Waals surface area contributed by atoms with Crippen LogP contribution in [0.1, 0.15) is 37.4 Å². The summed E-state index contributed by atoms with van der Waals surface area (Å²) in [5.41, 5.74) is 1.64. The van der Waals surface area contributed by atoms with E-state index in [2.05, 4.69) is 4.72 Å². The maximum absolute atomic E-state index is 12.7. The lowest BCUT2D eigenvalue weighted by atomic mass is 9.97. The molecule has 1 N–H and O–H groups in total. The Morgan fingerprint density at radius 2 is 1.69 bits per heavy atom. The zero-order chi connectivity index (χ0) is 18.6. The van der Waals surface area contributed by atoms with Crippen LogP contribution in [0.3, 0.4) is 0 Å². The Labute approximate surface area is 155 Å². The molecule has 0 saturated carbocycles. The Balaban J connectivity index is 1.82. The van der Waals surface area contributed by atoms with Gasteiger partial charge in [0.25, 0.3) is 0 Å². The molecular formula is C20H25NO4S. The molecule has 1 aliphatic rings. The summed E-state index contributed by atoms with van der Waals surface area (Å²) in [6.07, 6.45) is 0.835. The van der Waals surface area contributed by atoms with E-state index < -0.39 is 10.0 Å². The molecular weight excluding hydrogens is 350 g/mol. The summed E-state index contributed by atoms with van der Waals surface area (Å²) >= 11 is 0. The molecule has 0 amide bonds. The molecule has 1 heterocycles. The van der Waals surface area contributed by atoms with Gasteiger partial charge in [0.15, 0.2) is 11.5 Å². The summed E-state index contributed by atoms with van der Waals surface area (Å²) < 4.78 is 39.6. The van der Waals surface area contributed by atoms with Crippen LogP contribution in [0.25, 0.3) is 0 Å². The van der Waals surface area contributed by atoms with Crippen LogP contribution < -0.4 is 14.2 Å². The third-order valence-electron chi connectivity index (χ3n) is 4.30. The second-order valence-corrected chi connectivity index (χ2v) is 8.59. The van der Waals surface area contributed by atoms with Gasteiger partial charge in [0.1, 0.15) is 0 Å². The number of benzene rings is 2. The third kappa shape index (κ3) is 4.77. The van der Waals surface area contributed by atoms with Gasteiger partial charge < -0.3 is 9.47 Å². The number of nitrogens with one attached hydrogen (secondary N) is 1. The van der Waals surface area contributed by atoms with Crippen LogP contribution in [0, 0.1) is 5.92 Å². The van der Waals surface area contributed by atoms with Crippen molar-refractivity contribution in [2.75, 3.05) is 13.2 Å². The van der Waals surface area contributed by atoms with Gasteiger partial charge in [-0.25, -0.2) is 13.1 Å². The number of ether oxygens (including phenoxy) is 2. The summed E-state index contributed by atoms with van der Waals surface area (Å²) in [5.74, 6) is 1.43. The number of hydrogen-bond acceptors (Lipinski definition) is 4. The van der Waals surface area contributed by atoms with Crippen LogP contribution in [0.2, 0.25) is 0 Å². The monoisotopic (exact) mass is 375 g/mol. The van der Waals surface area contributed by atoms with Crippen molar-refractivity contribution in [3.63, 3.8) is 0 Å². The summed E-state index contributed by atoms with van der Waals surface area (Å²) in [6.45, 7) is 5.23. The predicted octanol–water partition coefficient (Wildman–Crippen LogP) is 3.66. The molecule has 0 aromatic heterocycles. The second-order valence-electron chi connectivity index (χ2n) is 6.84. The van der Waals surface area contributed by atoms with Crippen LogP contribution in [-0.4, -0.2) is 21.6 Å². The highest BCUT2D eigenvalue weighted by Gasteiger charge is 2.24. The molecule has 26 heavy (non-hydrogen) atoms. The Morgan fingerprint density at radius 1 is 1.00 bits per heavy atom. The summed E-state index contributed by atoms with van der Waals surface area (Å²) in [5, 5.41) is 0. The van der Waals surface area contributed by atoms with Gasteiger partial charge in [-0.15, -0.1) is 0 Å². The highest BCUT2D eigenvalue weighted by molar-refractivity contribution is 7.88. The lowest BCUT2D eigenvalue weighted by Gasteiger charge is -2.23. The molecule has 0 radical (unpaired) electrons. The van der Waals surface area contributed by atoms with Gasteiger partial charge in [-0.3, -0.25) is 0 Å². The van der Waals surface area contributed by atoms with Crippen molar-refractivity contribution < 1.29 is 17.9 Å². The molecule has 0 saturated heterocycles. The molecule has 0 fully saturated rings. The Bertz CT molecular complexity index is 834. The van der Waals surface area contributed by atoms with Gasteiger partial charge in [-0.1, -0.05) is 50.2 Å². The van der Waals surface area contributed by atoms with Crippen molar-refractivity contribution in [1.29, 1.82) is 0 Å². The first-order valence-electron chi connectivity index (χ1n) is 8.88. The maximum atomic E-state index is 12.7. The average molecular weight is 375 g/mol. The molecule has 1 atom stereocenters. The van der Waals surface area contributed by atoms with E-state index in [1.165, 1.54) is 0 Å².